The molecule has 0 radical (unpaired) electrons. The van der Waals surface area contributed by atoms with Crippen molar-refractivity contribution < 1.29 is 13.2 Å². The highest BCUT2D eigenvalue weighted by atomic mass is 35.5. The maximum absolute atomic E-state index is 12.8. The zero-order chi connectivity index (χ0) is 19.4. The van der Waals surface area contributed by atoms with E-state index in [0.717, 1.165) is 18.7 Å². The molecule has 10 heteroatoms. The van der Waals surface area contributed by atoms with Gasteiger partial charge in [0.15, 0.2) is 0 Å². The fourth-order valence-electron chi connectivity index (χ4n) is 3.51. The number of benzene rings is 1. The van der Waals surface area contributed by atoms with E-state index in [2.05, 4.69) is 4.90 Å². The second-order valence-corrected chi connectivity index (χ2v) is 9.16. The molecule has 0 aliphatic carbocycles. The van der Waals surface area contributed by atoms with Crippen molar-refractivity contribution in [3.05, 3.63) is 35.9 Å². The second kappa shape index (κ2) is 10.00. The lowest BCUT2D eigenvalue weighted by atomic mass is 10.1. The molecule has 158 valence electrons. The zero-order valence-corrected chi connectivity index (χ0v) is 17.9. The van der Waals surface area contributed by atoms with Gasteiger partial charge >= 0.3 is 0 Å². The Labute approximate surface area is 173 Å². The minimum Gasteiger partial charge on any atom is -0.339 e. The molecule has 28 heavy (non-hydrogen) atoms. The molecule has 2 N–H and O–H groups in total. The van der Waals surface area contributed by atoms with Crippen LogP contribution in [-0.4, -0.2) is 98.2 Å². The number of hydrogen-bond acceptors (Lipinski definition) is 5. The number of likely N-dealkylation sites (N-methyl/N-ethyl adjacent to an activating group) is 1. The van der Waals surface area contributed by atoms with Gasteiger partial charge in [0.1, 0.15) is 0 Å². The van der Waals surface area contributed by atoms with Gasteiger partial charge < -0.3 is 15.5 Å². The first kappa shape index (κ1) is 23.1. The van der Waals surface area contributed by atoms with Gasteiger partial charge in [-0.2, -0.15) is 17.0 Å². The minimum absolute atomic E-state index is 0. The Morgan fingerprint density at radius 1 is 0.964 bits per heavy atom. The molecule has 1 unspecified atom stereocenters. The van der Waals surface area contributed by atoms with Crippen molar-refractivity contribution in [3.8, 4) is 0 Å². The molecule has 0 saturated carbocycles. The van der Waals surface area contributed by atoms with Crippen molar-refractivity contribution in [1.82, 2.24) is 18.4 Å². The van der Waals surface area contributed by atoms with Gasteiger partial charge in [-0.1, -0.05) is 30.3 Å². The number of hydrogen-bond donors (Lipinski definition) is 1. The lowest BCUT2D eigenvalue weighted by Gasteiger charge is -2.39. The topological polar surface area (TPSA) is 90.2 Å². The molecular weight excluding hydrogens is 402 g/mol. The quantitative estimate of drug-likeness (QED) is 0.686. The number of carbonyl (C=O) groups excluding carboxylic acids is 1. The third kappa shape index (κ3) is 5.43. The summed E-state index contributed by atoms with van der Waals surface area (Å²) in [5.41, 5.74) is 7.12. The summed E-state index contributed by atoms with van der Waals surface area (Å²) in [6.07, 6.45) is 0.486. The highest BCUT2D eigenvalue weighted by Gasteiger charge is 2.35. The van der Waals surface area contributed by atoms with E-state index in [1.807, 2.05) is 37.4 Å². The second-order valence-electron chi connectivity index (χ2n) is 7.23. The van der Waals surface area contributed by atoms with E-state index in [1.165, 1.54) is 4.31 Å². The molecule has 1 atom stereocenters. The van der Waals surface area contributed by atoms with Gasteiger partial charge in [0.05, 0.1) is 6.04 Å². The van der Waals surface area contributed by atoms with Crippen LogP contribution in [0.5, 0.6) is 0 Å². The predicted octanol–water partition coefficient (Wildman–Crippen LogP) is -0.385. The summed E-state index contributed by atoms with van der Waals surface area (Å²) >= 11 is 0. The molecule has 2 fully saturated rings. The fourth-order valence-corrected chi connectivity index (χ4v) is 5.09. The monoisotopic (exact) mass is 431 g/mol. The number of rotatable bonds is 5. The molecule has 0 bridgehead atoms. The number of piperazine rings is 2. The summed E-state index contributed by atoms with van der Waals surface area (Å²) in [5.74, 6) is -0.115. The van der Waals surface area contributed by atoms with Crippen LogP contribution in [0.2, 0.25) is 0 Å². The first-order valence-corrected chi connectivity index (χ1v) is 10.8. The Kier molecular flexibility index (Phi) is 8.23. The highest BCUT2D eigenvalue weighted by Crippen LogP contribution is 2.15. The molecular formula is C18H30ClN5O3S. The van der Waals surface area contributed by atoms with Crippen LogP contribution in [0.25, 0.3) is 0 Å². The van der Waals surface area contributed by atoms with E-state index in [4.69, 9.17) is 5.73 Å². The van der Waals surface area contributed by atoms with Crippen molar-refractivity contribution >= 4 is 28.5 Å². The first-order chi connectivity index (χ1) is 12.9. The van der Waals surface area contributed by atoms with E-state index in [0.29, 0.717) is 45.7 Å². The van der Waals surface area contributed by atoms with Crippen LogP contribution in [0.3, 0.4) is 0 Å². The molecule has 0 aromatic heterocycles. The maximum Gasteiger partial charge on any atom is 0.282 e. The van der Waals surface area contributed by atoms with Gasteiger partial charge in [-0.3, -0.25) is 4.79 Å². The van der Waals surface area contributed by atoms with Crippen LogP contribution >= 0.6 is 12.4 Å². The normalized spacial score (nSPS) is 21.1. The zero-order valence-electron chi connectivity index (χ0n) is 16.2. The summed E-state index contributed by atoms with van der Waals surface area (Å²) in [6.45, 7) is 3.91. The number of nitrogens with two attached hydrogens (primary N) is 1. The Hall–Kier alpha value is -1.23. The molecule has 1 amide bonds. The molecule has 1 aromatic carbocycles. The Bertz CT molecular complexity index is 733. The predicted molar refractivity (Wildman–Crippen MR) is 112 cm³/mol. The van der Waals surface area contributed by atoms with Gasteiger partial charge in [-0.05, 0) is 19.0 Å². The number of nitrogens with zero attached hydrogens (tertiary/aromatic N) is 4. The van der Waals surface area contributed by atoms with Crippen molar-refractivity contribution in [3.63, 3.8) is 0 Å². The van der Waals surface area contributed by atoms with Crippen molar-refractivity contribution in [2.24, 2.45) is 5.73 Å². The molecule has 3 rings (SSSR count). The number of halogens is 1. The Morgan fingerprint density at radius 3 is 2.00 bits per heavy atom. The summed E-state index contributed by atoms with van der Waals surface area (Å²) in [6, 6.07) is 9.08. The minimum atomic E-state index is -3.46. The number of amides is 1. The smallest absolute Gasteiger partial charge is 0.282 e. The van der Waals surface area contributed by atoms with Gasteiger partial charge in [0, 0.05) is 52.4 Å². The first-order valence-electron chi connectivity index (χ1n) is 9.40. The molecule has 2 aliphatic heterocycles. The van der Waals surface area contributed by atoms with E-state index in [1.54, 1.807) is 9.21 Å². The maximum atomic E-state index is 12.8. The van der Waals surface area contributed by atoms with Crippen molar-refractivity contribution in [2.75, 3.05) is 59.4 Å². The lowest BCUT2D eigenvalue weighted by molar-refractivity contribution is -0.133. The third-order valence-corrected chi connectivity index (χ3v) is 7.32. The Morgan fingerprint density at radius 2 is 1.46 bits per heavy atom. The molecule has 8 nitrogen and oxygen atoms in total. The van der Waals surface area contributed by atoms with Crippen LogP contribution < -0.4 is 5.73 Å². The van der Waals surface area contributed by atoms with Gasteiger partial charge in [0.25, 0.3) is 10.2 Å². The number of carbonyl (C=O) groups is 1. The third-order valence-electron chi connectivity index (χ3n) is 5.28. The van der Waals surface area contributed by atoms with Crippen LogP contribution in [0, 0.1) is 0 Å². The van der Waals surface area contributed by atoms with Crippen molar-refractivity contribution in [2.45, 2.75) is 12.5 Å². The van der Waals surface area contributed by atoms with Gasteiger partial charge in [-0.25, -0.2) is 0 Å². The van der Waals surface area contributed by atoms with E-state index in [9.17, 15) is 13.2 Å². The van der Waals surface area contributed by atoms with Gasteiger partial charge in [0.2, 0.25) is 5.91 Å². The van der Waals surface area contributed by atoms with Crippen LogP contribution in [0.15, 0.2) is 30.3 Å². The molecule has 2 heterocycles. The Balaban J connectivity index is 0.00000280. The largest absolute Gasteiger partial charge is 0.339 e. The van der Waals surface area contributed by atoms with Gasteiger partial charge in [-0.15, -0.1) is 12.4 Å². The van der Waals surface area contributed by atoms with E-state index in [-0.39, 0.29) is 18.3 Å². The average molecular weight is 432 g/mol. The summed E-state index contributed by atoms with van der Waals surface area (Å²) in [5, 5.41) is 0. The average Bonchev–Trinajstić information content (AvgIpc) is 2.68. The molecule has 1 aromatic rings. The lowest BCUT2D eigenvalue weighted by Crippen LogP contribution is -2.58. The summed E-state index contributed by atoms with van der Waals surface area (Å²) in [7, 11) is -1.46. The highest BCUT2D eigenvalue weighted by molar-refractivity contribution is 7.86. The molecule has 2 saturated heterocycles. The standard InChI is InChI=1S/C18H29N5O3S.ClH/c1-20-7-11-22(12-8-20)27(25,26)23-13-9-21(10-14-23)18(24)17(19)15-16-5-3-2-4-6-16;/h2-6,17H,7-15,19H2,1H3;1H. The van der Waals surface area contributed by atoms with E-state index >= 15 is 0 Å². The van der Waals surface area contributed by atoms with Crippen molar-refractivity contribution in [1.29, 1.82) is 0 Å². The van der Waals surface area contributed by atoms with Crippen LogP contribution in [0.4, 0.5) is 0 Å². The summed E-state index contributed by atoms with van der Waals surface area (Å²) < 4.78 is 28.6. The van der Waals surface area contributed by atoms with E-state index < -0.39 is 16.3 Å². The SMILES string of the molecule is CN1CCN(S(=O)(=O)N2CCN(C(=O)C(N)Cc3ccccc3)CC2)CC1.Cl. The van der Waals surface area contributed by atoms with Crippen LogP contribution in [0.1, 0.15) is 5.56 Å². The summed E-state index contributed by atoms with van der Waals surface area (Å²) in [4.78, 5) is 16.4. The van der Waals surface area contributed by atoms with Crippen LogP contribution in [-0.2, 0) is 21.4 Å². The fraction of sp³-hybridized carbons (Fsp3) is 0.611. The molecule has 0 spiro atoms. The molecule has 2 aliphatic rings.